The molecule has 1 atom stereocenters. The van der Waals surface area contributed by atoms with Gasteiger partial charge < -0.3 is 10.1 Å². The summed E-state index contributed by atoms with van der Waals surface area (Å²) in [6.07, 6.45) is 5.43. The van der Waals surface area contributed by atoms with Gasteiger partial charge in [0.05, 0.1) is 7.11 Å². The molecule has 1 amide bonds. The number of nitrogens with one attached hydrogen (secondary N) is 1. The Bertz CT molecular complexity index is 519. The Morgan fingerprint density at radius 2 is 2.14 bits per heavy atom. The minimum atomic E-state index is -0.633. The molecule has 0 fully saturated rings. The van der Waals surface area contributed by atoms with Crippen molar-refractivity contribution in [2.24, 2.45) is 0 Å². The fraction of sp³-hybridized carbons (Fsp3) is 0.333. The van der Waals surface area contributed by atoms with Crippen LogP contribution in [0.15, 0.2) is 30.3 Å². The van der Waals surface area contributed by atoms with Gasteiger partial charge in [-0.2, -0.15) is 11.8 Å². The van der Waals surface area contributed by atoms with Crippen molar-refractivity contribution < 1.29 is 14.3 Å². The zero-order valence-corrected chi connectivity index (χ0v) is 13.5. The molecule has 114 valence electrons. The van der Waals surface area contributed by atoms with Crippen molar-refractivity contribution in [3.05, 3.63) is 40.9 Å². The Hall–Kier alpha value is -1.46. The number of benzene rings is 1. The summed E-state index contributed by atoms with van der Waals surface area (Å²) in [5.74, 6) is -0.0381. The number of amides is 1. The molecule has 0 radical (unpaired) electrons. The van der Waals surface area contributed by atoms with Crippen molar-refractivity contribution >= 4 is 41.3 Å². The summed E-state index contributed by atoms with van der Waals surface area (Å²) < 4.78 is 4.68. The highest BCUT2D eigenvalue weighted by atomic mass is 35.5. The number of ether oxygens (including phenoxy) is 1. The number of methoxy groups -OCH3 is 1. The van der Waals surface area contributed by atoms with Crippen molar-refractivity contribution in [1.29, 1.82) is 0 Å². The van der Waals surface area contributed by atoms with Gasteiger partial charge in [0, 0.05) is 11.1 Å². The predicted octanol–water partition coefficient (Wildman–Crippen LogP) is 2.76. The van der Waals surface area contributed by atoms with Gasteiger partial charge >= 0.3 is 5.97 Å². The number of rotatable bonds is 7. The lowest BCUT2D eigenvalue weighted by molar-refractivity contribution is -0.144. The molecule has 1 aromatic rings. The standard InChI is InChI=1S/C15H18ClNO3S/c1-20-15(19)13(9-10-21-2)17-14(18)8-7-11-5-3-4-6-12(11)16/h3-8,13H,9-10H2,1-2H3,(H,17,18)/b8-7+/t13-/m1/s1. The summed E-state index contributed by atoms with van der Waals surface area (Å²) in [4.78, 5) is 23.5. The van der Waals surface area contributed by atoms with Gasteiger partial charge in [-0.05, 0) is 36.1 Å². The summed E-state index contributed by atoms with van der Waals surface area (Å²) in [7, 11) is 1.31. The first-order chi connectivity index (χ1) is 10.1. The van der Waals surface area contributed by atoms with Crippen LogP contribution in [0.5, 0.6) is 0 Å². The van der Waals surface area contributed by atoms with E-state index in [4.69, 9.17) is 11.6 Å². The quantitative estimate of drug-likeness (QED) is 0.618. The second-order valence-electron chi connectivity index (χ2n) is 4.22. The number of esters is 1. The van der Waals surface area contributed by atoms with Gasteiger partial charge in [0.25, 0.3) is 0 Å². The molecule has 1 rings (SSSR count). The molecule has 0 aliphatic heterocycles. The smallest absolute Gasteiger partial charge is 0.328 e. The van der Waals surface area contributed by atoms with Crippen LogP contribution in [0.25, 0.3) is 6.08 Å². The molecular formula is C15H18ClNO3S. The van der Waals surface area contributed by atoms with E-state index in [0.29, 0.717) is 11.4 Å². The molecule has 0 aromatic heterocycles. The predicted molar refractivity (Wildman–Crippen MR) is 87.4 cm³/mol. The second kappa shape index (κ2) is 9.47. The molecular weight excluding hydrogens is 310 g/mol. The lowest BCUT2D eigenvalue weighted by Crippen LogP contribution is -2.41. The Morgan fingerprint density at radius 3 is 2.76 bits per heavy atom. The van der Waals surface area contributed by atoms with Crippen molar-refractivity contribution in [2.75, 3.05) is 19.1 Å². The van der Waals surface area contributed by atoms with Crippen molar-refractivity contribution in [2.45, 2.75) is 12.5 Å². The summed E-state index contributed by atoms with van der Waals surface area (Å²) in [5, 5.41) is 3.20. The van der Waals surface area contributed by atoms with Gasteiger partial charge in [0.2, 0.25) is 5.91 Å². The zero-order chi connectivity index (χ0) is 15.7. The molecule has 1 aromatic carbocycles. The van der Waals surface area contributed by atoms with Crippen LogP contribution in [0, 0.1) is 0 Å². The Balaban J connectivity index is 2.65. The molecule has 0 saturated heterocycles. The van der Waals surface area contributed by atoms with E-state index in [2.05, 4.69) is 10.1 Å². The molecule has 4 nitrogen and oxygen atoms in total. The lowest BCUT2D eigenvalue weighted by Gasteiger charge is -2.14. The first-order valence-electron chi connectivity index (χ1n) is 6.38. The minimum Gasteiger partial charge on any atom is -0.467 e. The molecule has 0 saturated carbocycles. The number of carbonyl (C=O) groups is 2. The first-order valence-corrected chi connectivity index (χ1v) is 8.15. The molecule has 0 spiro atoms. The van der Waals surface area contributed by atoms with Crippen LogP contribution in [0.1, 0.15) is 12.0 Å². The number of thioether (sulfide) groups is 1. The molecule has 0 bridgehead atoms. The lowest BCUT2D eigenvalue weighted by atomic mass is 10.2. The van der Waals surface area contributed by atoms with E-state index in [-0.39, 0.29) is 5.91 Å². The van der Waals surface area contributed by atoms with Gasteiger partial charge in [-0.25, -0.2) is 4.79 Å². The van der Waals surface area contributed by atoms with Crippen LogP contribution in [0.4, 0.5) is 0 Å². The van der Waals surface area contributed by atoms with E-state index in [1.54, 1.807) is 30.0 Å². The van der Waals surface area contributed by atoms with Crippen LogP contribution >= 0.6 is 23.4 Å². The first kappa shape index (κ1) is 17.6. The van der Waals surface area contributed by atoms with Crippen molar-refractivity contribution in [3.63, 3.8) is 0 Å². The highest BCUT2D eigenvalue weighted by Gasteiger charge is 2.19. The Kier molecular flexibility index (Phi) is 7.93. The van der Waals surface area contributed by atoms with Crippen LogP contribution in [0.3, 0.4) is 0 Å². The van der Waals surface area contributed by atoms with Gasteiger partial charge in [-0.1, -0.05) is 29.8 Å². The summed E-state index contributed by atoms with van der Waals surface area (Å²) >= 11 is 7.60. The fourth-order valence-electron chi connectivity index (χ4n) is 1.62. The monoisotopic (exact) mass is 327 g/mol. The normalized spacial score (nSPS) is 12.1. The molecule has 0 unspecified atom stereocenters. The van der Waals surface area contributed by atoms with Crippen molar-refractivity contribution in [1.82, 2.24) is 5.32 Å². The molecule has 0 aliphatic carbocycles. The third-order valence-electron chi connectivity index (χ3n) is 2.73. The average Bonchev–Trinajstić information content (AvgIpc) is 2.49. The van der Waals surface area contributed by atoms with Crippen molar-refractivity contribution in [3.8, 4) is 0 Å². The van der Waals surface area contributed by atoms with Gasteiger partial charge in [-0.3, -0.25) is 4.79 Å². The molecule has 6 heteroatoms. The fourth-order valence-corrected chi connectivity index (χ4v) is 2.29. The number of carbonyl (C=O) groups excluding carboxylic acids is 2. The molecule has 0 heterocycles. The topological polar surface area (TPSA) is 55.4 Å². The SMILES string of the molecule is COC(=O)[C@@H](CCSC)NC(=O)/C=C/c1ccccc1Cl. The van der Waals surface area contributed by atoms with E-state index in [9.17, 15) is 9.59 Å². The largest absolute Gasteiger partial charge is 0.467 e. The van der Waals surface area contributed by atoms with Gasteiger partial charge in [0.15, 0.2) is 0 Å². The maximum atomic E-state index is 11.9. The van der Waals surface area contributed by atoms with Crippen LogP contribution in [-0.2, 0) is 14.3 Å². The minimum absolute atomic E-state index is 0.355. The highest BCUT2D eigenvalue weighted by Crippen LogP contribution is 2.16. The number of halogens is 1. The summed E-state index contributed by atoms with van der Waals surface area (Å²) in [5.41, 5.74) is 0.744. The maximum Gasteiger partial charge on any atom is 0.328 e. The highest BCUT2D eigenvalue weighted by molar-refractivity contribution is 7.98. The Labute approximate surface area is 133 Å². The maximum absolute atomic E-state index is 11.9. The molecule has 21 heavy (non-hydrogen) atoms. The van der Waals surface area contributed by atoms with Gasteiger partial charge in [-0.15, -0.1) is 0 Å². The van der Waals surface area contributed by atoms with E-state index in [1.165, 1.54) is 13.2 Å². The van der Waals surface area contributed by atoms with E-state index >= 15 is 0 Å². The molecule has 0 aliphatic rings. The molecule has 1 N–H and O–H groups in total. The average molecular weight is 328 g/mol. The third kappa shape index (κ3) is 6.23. The van der Waals surface area contributed by atoms with Gasteiger partial charge in [0.1, 0.15) is 6.04 Å². The van der Waals surface area contributed by atoms with Crippen LogP contribution in [0.2, 0.25) is 5.02 Å². The van der Waals surface area contributed by atoms with Crippen LogP contribution < -0.4 is 5.32 Å². The third-order valence-corrected chi connectivity index (χ3v) is 3.72. The summed E-state index contributed by atoms with van der Waals surface area (Å²) in [6, 6.07) is 6.56. The van der Waals surface area contributed by atoms with E-state index in [1.807, 2.05) is 18.4 Å². The van der Waals surface area contributed by atoms with E-state index < -0.39 is 12.0 Å². The second-order valence-corrected chi connectivity index (χ2v) is 5.61. The van der Waals surface area contributed by atoms with Crippen LogP contribution in [-0.4, -0.2) is 37.0 Å². The number of hydrogen-bond acceptors (Lipinski definition) is 4. The zero-order valence-electron chi connectivity index (χ0n) is 12.0. The Morgan fingerprint density at radius 1 is 1.43 bits per heavy atom. The van der Waals surface area contributed by atoms with E-state index in [0.717, 1.165) is 11.3 Å². The number of hydrogen-bond donors (Lipinski definition) is 1. The summed E-state index contributed by atoms with van der Waals surface area (Å²) in [6.45, 7) is 0.